The summed E-state index contributed by atoms with van der Waals surface area (Å²) in [6.07, 6.45) is 4.78. The monoisotopic (exact) mass is 885 g/mol. The zero-order valence-electron chi connectivity index (χ0n) is 38.8. The fourth-order valence-corrected chi connectivity index (χ4v) is 9.63. The normalized spacial score (nSPS) is 20.4. The highest BCUT2D eigenvalue weighted by molar-refractivity contribution is 6.01. The quantitative estimate of drug-likeness (QED) is 0.130. The van der Waals surface area contributed by atoms with Crippen molar-refractivity contribution in [2.75, 3.05) is 33.3 Å². The van der Waals surface area contributed by atoms with Gasteiger partial charge in [0.05, 0.1) is 30.0 Å². The van der Waals surface area contributed by atoms with Gasteiger partial charge in [0.25, 0.3) is 11.8 Å². The number of cyclic esters (lactones) is 1. The molecule has 2 fully saturated rings. The molecule has 344 valence electrons. The Labute approximate surface area is 381 Å². The second kappa shape index (κ2) is 19.5. The number of aromatic nitrogens is 2. The van der Waals surface area contributed by atoms with E-state index in [1.807, 2.05) is 43.3 Å². The molecule has 3 N–H and O–H groups in total. The van der Waals surface area contributed by atoms with Gasteiger partial charge < -0.3 is 29.5 Å². The van der Waals surface area contributed by atoms with Gasteiger partial charge in [0.2, 0.25) is 11.8 Å². The van der Waals surface area contributed by atoms with Crippen LogP contribution in [0.25, 0.3) is 33.3 Å². The number of fused-ring (bicyclic) bond motifs is 6. The molecule has 3 aliphatic rings. The summed E-state index contributed by atoms with van der Waals surface area (Å²) < 4.78 is 8.37. The van der Waals surface area contributed by atoms with Gasteiger partial charge in [0, 0.05) is 67.7 Å². The number of esters is 1. The lowest BCUT2D eigenvalue weighted by molar-refractivity contribution is -0.155. The fraction of sp³-hybridized carbons (Fsp3) is 0.451. The lowest BCUT2D eigenvalue weighted by Crippen LogP contribution is -2.60. The second-order valence-corrected chi connectivity index (χ2v) is 18.6. The summed E-state index contributed by atoms with van der Waals surface area (Å²) in [5, 5.41) is 16.6. The summed E-state index contributed by atoms with van der Waals surface area (Å²) in [5.74, 6) is -2.56. The van der Waals surface area contributed by atoms with Crippen molar-refractivity contribution in [2.24, 2.45) is 11.3 Å². The number of rotatable bonds is 9. The van der Waals surface area contributed by atoms with Gasteiger partial charge in [0.15, 0.2) is 0 Å². The number of carbonyl (C=O) groups excluding carboxylic acids is 5. The minimum atomic E-state index is -1.09. The van der Waals surface area contributed by atoms with Crippen LogP contribution in [0, 0.1) is 11.3 Å². The van der Waals surface area contributed by atoms with E-state index in [4.69, 9.17) is 4.74 Å². The first-order valence-corrected chi connectivity index (χ1v) is 22.8. The summed E-state index contributed by atoms with van der Waals surface area (Å²) in [5.41, 5.74) is 10.5. The van der Waals surface area contributed by atoms with E-state index in [-0.39, 0.29) is 37.1 Å². The first-order chi connectivity index (χ1) is 31.0. The molecule has 0 spiro atoms. The number of nitrogens with one attached hydrogen (secondary N) is 2. The van der Waals surface area contributed by atoms with Crippen LogP contribution in [0.1, 0.15) is 90.2 Å². The van der Waals surface area contributed by atoms with Crippen molar-refractivity contribution in [2.45, 2.75) is 105 Å². The molecule has 5 heterocycles. The van der Waals surface area contributed by atoms with Crippen LogP contribution in [0.15, 0.2) is 84.7 Å². The van der Waals surface area contributed by atoms with Crippen molar-refractivity contribution in [3.05, 3.63) is 102 Å². The first kappa shape index (κ1) is 46.9. The Morgan fingerprint density at radius 1 is 1.06 bits per heavy atom. The van der Waals surface area contributed by atoms with Gasteiger partial charge in [-0.2, -0.15) is 0 Å². The third-order valence-corrected chi connectivity index (χ3v) is 13.0. The molecular formula is C51H63N7O7. The summed E-state index contributed by atoms with van der Waals surface area (Å²) in [6, 6.07) is 16.4. The summed E-state index contributed by atoms with van der Waals surface area (Å²) in [7, 11) is 1.55. The van der Waals surface area contributed by atoms with Crippen LogP contribution >= 0.6 is 0 Å². The number of likely N-dealkylation sites (N-methyl/N-ethyl adjacent to an activating group) is 1. The molecule has 0 radical (unpaired) electrons. The van der Waals surface area contributed by atoms with E-state index in [9.17, 15) is 29.1 Å². The maximum atomic E-state index is 14.7. The molecule has 2 saturated heterocycles. The van der Waals surface area contributed by atoms with Gasteiger partial charge in [-0.05, 0) is 111 Å². The average molecular weight is 886 g/mol. The van der Waals surface area contributed by atoms with Crippen LogP contribution in [-0.4, -0.2) is 104 Å². The highest BCUT2D eigenvalue weighted by Crippen LogP contribution is 2.42. The summed E-state index contributed by atoms with van der Waals surface area (Å²) in [4.78, 5) is 76.7. The zero-order valence-corrected chi connectivity index (χ0v) is 38.8. The Bertz CT molecular complexity index is 2540. The Morgan fingerprint density at radius 2 is 1.83 bits per heavy atom. The predicted octanol–water partition coefficient (Wildman–Crippen LogP) is 6.27. The number of hydrogen-bond donors (Lipinski definition) is 3. The summed E-state index contributed by atoms with van der Waals surface area (Å²) in [6.45, 7) is 16.9. The molecule has 14 nitrogen and oxygen atoms in total. The number of ether oxygens (including phenoxy) is 1. The van der Waals surface area contributed by atoms with Crippen LogP contribution < -0.4 is 10.7 Å². The minimum absolute atomic E-state index is 0.106. The number of amides is 4. The molecule has 0 saturated carbocycles. The molecule has 65 heavy (non-hydrogen) atoms. The molecule has 4 atom stereocenters. The molecule has 7 rings (SSSR count). The minimum Gasteiger partial charge on any atom is -0.464 e. The number of carbonyl (C=O) groups is 5. The predicted molar refractivity (Wildman–Crippen MR) is 250 cm³/mol. The van der Waals surface area contributed by atoms with Gasteiger partial charge in [-0.1, -0.05) is 57.7 Å². The summed E-state index contributed by atoms with van der Waals surface area (Å²) >= 11 is 0. The van der Waals surface area contributed by atoms with Crippen LogP contribution in [0.4, 0.5) is 0 Å². The number of allylic oxidation sites excluding steroid dienone is 1. The molecule has 14 heteroatoms. The third-order valence-electron chi connectivity index (χ3n) is 13.0. The Hall–Kier alpha value is -6.12. The fourth-order valence-electron chi connectivity index (χ4n) is 9.63. The number of hydrazine groups is 1. The zero-order chi connectivity index (χ0) is 46.7. The number of aliphatic hydroxyl groups excluding tert-OH is 1. The van der Waals surface area contributed by atoms with Crippen LogP contribution in [-0.2, 0) is 48.1 Å². The smallest absolute Gasteiger partial charge is 0.324 e. The lowest BCUT2D eigenvalue weighted by atomic mass is 9.84. The van der Waals surface area contributed by atoms with E-state index in [0.717, 1.165) is 44.4 Å². The standard InChI is InChI=1S/C51H63N7O7/c1-9-42(59)44-36(17-13-22-52-44)46-38-28-51(6,7)30-65-50(64)39-18-14-23-58(54-39)49(63)40(26-32-15-12-16-33(25-32)34-19-20-41(37(38)27-34)57(46)11-3)53-47(61)45(31(4)5)55(8)48(62)35-21-24-56(29-35)43(60)10-2/h10,12-13,15-17,19-20,22,25,27,35,39-40,42,54,59H,2,9,11,14,18,21,23-24,26,28-30H2,1,3-8H3,(H,53,61)/t35-,39-,40-,42+/m0/s1. The van der Waals surface area contributed by atoms with Crippen molar-refractivity contribution in [3.63, 3.8) is 0 Å². The van der Waals surface area contributed by atoms with E-state index in [1.54, 1.807) is 32.0 Å². The molecule has 6 bridgehead atoms. The highest BCUT2D eigenvalue weighted by Gasteiger charge is 2.38. The number of nitrogens with zero attached hydrogens (tertiary/aromatic N) is 5. The van der Waals surface area contributed by atoms with Gasteiger partial charge in [-0.15, -0.1) is 0 Å². The van der Waals surface area contributed by atoms with Gasteiger partial charge >= 0.3 is 5.97 Å². The van der Waals surface area contributed by atoms with Gasteiger partial charge in [-0.3, -0.25) is 34.0 Å². The number of aliphatic hydroxyl groups is 1. The van der Waals surface area contributed by atoms with Gasteiger partial charge in [-0.25, -0.2) is 5.43 Å². The molecule has 2 aromatic heterocycles. The van der Waals surface area contributed by atoms with Crippen molar-refractivity contribution < 1.29 is 33.8 Å². The van der Waals surface area contributed by atoms with Crippen LogP contribution in [0.5, 0.6) is 0 Å². The molecule has 0 unspecified atom stereocenters. The molecule has 2 aromatic carbocycles. The van der Waals surface area contributed by atoms with Crippen molar-refractivity contribution in [1.82, 2.24) is 35.1 Å². The third kappa shape index (κ3) is 9.79. The van der Waals surface area contributed by atoms with Crippen molar-refractivity contribution in [3.8, 4) is 22.4 Å². The topological polar surface area (TPSA) is 166 Å². The number of hydrogen-bond acceptors (Lipinski definition) is 9. The number of benzene rings is 2. The van der Waals surface area contributed by atoms with E-state index >= 15 is 0 Å². The van der Waals surface area contributed by atoms with E-state index in [0.29, 0.717) is 63.0 Å². The van der Waals surface area contributed by atoms with E-state index in [2.05, 4.69) is 65.8 Å². The SMILES string of the molecule is C=CC(=O)N1CC[C@H](C(=O)N(C)C(C(=O)N[C@H]2Cc3cccc(c3)-c3ccc4c(c3)c(c(-c3cccnc3[C@H](O)CC)n4CC)CC(C)(C)COC(=O)[C@@H]3CCCN(N3)C2=O)=C(C)C)C1. The van der Waals surface area contributed by atoms with Crippen LogP contribution in [0.2, 0.25) is 0 Å². The van der Waals surface area contributed by atoms with Crippen LogP contribution in [0.3, 0.4) is 0 Å². The number of pyridine rings is 1. The van der Waals surface area contributed by atoms with Gasteiger partial charge in [0.1, 0.15) is 17.8 Å². The largest absolute Gasteiger partial charge is 0.464 e. The number of likely N-dealkylation sites (tertiary alicyclic amines) is 1. The second-order valence-electron chi connectivity index (χ2n) is 18.6. The average Bonchev–Trinajstić information content (AvgIpc) is 3.92. The Kier molecular flexibility index (Phi) is 14.1. The van der Waals surface area contributed by atoms with Crippen molar-refractivity contribution in [1.29, 1.82) is 0 Å². The Morgan fingerprint density at radius 3 is 2.55 bits per heavy atom. The van der Waals surface area contributed by atoms with E-state index in [1.165, 1.54) is 16.0 Å². The van der Waals surface area contributed by atoms with E-state index < -0.39 is 47.3 Å². The molecule has 0 aliphatic carbocycles. The molecule has 4 amide bonds. The maximum absolute atomic E-state index is 14.7. The first-order valence-electron chi connectivity index (χ1n) is 22.8. The lowest BCUT2D eigenvalue weighted by Gasteiger charge is -2.36. The van der Waals surface area contributed by atoms with Crippen molar-refractivity contribution >= 4 is 40.5 Å². The molecular weight excluding hydrogens is 823 g/mol. The highest BCUT2D eigenvalue weighted by atomic mass is 16.5. The maximum Gasteiger partial charge on any atom is 0.324 e. The number of aryl methyl sites for hydroxylation is 1. The molecule has 4 aromatic rings. The Balaban J connectivity index is 1.30. The molecule has 3 aliphatic heterocycles.